The third-order valence-corrected chi connectivity index (χ3v) is 4.58. The molecule has 4 unspecified atom stereocenters. The second-order valence-corrected chi connectivity index (χ2v) is 5.22. The fraction of sp³-hybridized carbons (Fsp3) is 0.600. The van der Waals surface area contributed by atoms with E-state index < -0.39 is 16.5 Å². The van der Waals surface area contributed by atoms with E-state index >= 15 is 0 Å². The molecule has 0 bridgehead atoms. The van der Waals surface area contributed by atoms with Gasteiger partial charge in [-0.15, -0.1) is 11.8 Å². The van der Waals surface area contributed by atoms with E-state index in [2.05, 4.69) is 15.9 Å². The van der Waals surface area contributed by atoms with E-state index in [-0.39, 0.29) is 10.1 Å². The van der Waals surface area contributed by atoms with Crippen LogP contribution in [0.2, 0.25) is 0 Å². The number of alkyl halides is 1. The van der Waals surface area contributed by atoms with E-state index in [1.165, 1.54) is 11.8 Å². The van der Waals surface area contributed by atoms with Crippen LogP contribution in [-0.2, 0) is 11.1 Å². The lowest BCUT2D eigenvalue weighted by molar-refractivity contribution is 0.245. The van der Waals surface area contributed by atoms with E-state index in [1.807, 2.05) is 6.08 Å². The van der Waals surface area contributed by atoms with Gasteiger partial charge in [0.05, 0.1) is 5.25 Å². The Labute approximate surface area is 79.7 Å². The molecule has 2 N–H and O–H groups in total. The quantitative estimate of drug-likeness (QED) is 0.572. The first-order valence-electron chi connectivity index (χ1n) is 2.87. The van der Waals surface area contributed by atoms with Crippen LogP contribution in [0.1, 0.15) is 0 Å². The molecule has 0 aliphatic carbocycles. The first-order valence-corrected chi connectivity index (χ1v) is 5.89. The van der Waals surface area contributed by atoms with Crippen LogP contribution >= 0.6 is 27.7 Å². The van der Waals surface area contributed by atoms with Gasteiger partial charge < -0.3 is 9.66 Å². The summed E-state index contributed by atoms with van der Waals surface area (Å²) in [6, 6.07) is 0. The molecule has 0 amide bonds. The Morgan fingerprint density at radius 2 is 2.36 bits per heavy atom. The topological polar surface area (TPSA) is 57.5 Å². The van der Waals surface area contributed by atoms with Gasteiger partial charge in [0.15, 0.2) is 16.5 Å². The smallest absolute Gasteiger partial charge is 0.183 e. The molecule has 0 aromatic rings. The number of thioether (sulfide) groups is 1. The normalized spacial score (nSPS) is 35.5. The van der Waals surface area contributed by atoms with Crippen LogP contribution < -0.4 is 0 Å². The van der Waals surface area contributed by atoms with Gasteiger partial charge in [0.1, 0.15) is 0 Å². The highest BCUT2D eigenvalue weighted by Crippen LogP contribution is 2.32. The second kappa shape index (κ2) is 4.04. The van der Waals surface area contributed by atoms with E-state index in [0.29, 0.717) is 0 Å². The van der Waals surface area contributed by atoms with E-state index in [0.717, 1.165) is 0 Å². The minimum absolute atomic E-state index is 0.0152. The van der Waals surface area contributed by atoms with E-state index in [9.17, 15) is 4.21 Å². The highest BCUT2D eigenvalue weighted by Gasteiger charge is 2.31. The molecular weight excluding hydrogens is 252 g/mol. The van der Waals surface area contributed by atoms with Crippen molar-refractivity contribution in [2.24, 2.45) is 0 Å². The Balaban J connectivity index is 2.55. The lowest BCUT2D eigenvalue weighted by Crippen LogP contribution is -2.31. The van der Waals surface area contributed by atoms with Gasteiger partial charge in [-0.2, -0.15) is 0 Å². The molecule has 1 aliphatic heterocycles. The number of allylic oxidation sites excluding steroid dienone is 1. The van der Waals surface area contributed by atoms with Crippen LogP contribution in [0.4, 0.5) is 0 Å². The highest BCUT2D eigenvalue weighted by molar-refractivity contribution is 9.09. The standard InChI is InChI=1S/C5H7BrO3S2/c6-3-1-2-10-4(3)5(7)11(8)9/h1-5,7H,(H,8,9). The zero-order valence-corrected chi connectivity index (χ0v) is 8.60. The molecule has 1 heterocycles. The second-order valence-electron chi connectivity index (χ2n) is 2.04. The van der Waals surface area contributed by atoms with Crippen molar-refractivity contribution in [3.8, 4) is 0 Å². The van der Waals surface area contributed by atoms with Gasteiger partial charge in [-0.25, -0.2) is 4.21 Å². The molecule has 0 aromatic heterocycles. The van der Waals surface area contributed by atoms with Crippen LogP contribution in [0.3, 0.4) is 0 Å². The van der Waals surface area contributed by atoms with Gasteiger partial charge in [-0.05, 0) is 5.41 Å². The van der Waals surface area contributed by atoms with Gasteiger partial charge in [0, 0.05) is 4.83 Å². The number of aliphatic hydroxyl groups excluding tert-OH is 1. The summed E-state index contributed by atoms with van der Waals surface area (Å²) < 4.78 is 19.0. The maximum atomic E-state index is 10.4. The van der Waals surface area contributed by atoms with Gasteiger partial charge >= 0.3 is 0 Å². The largest absolute Gasteiger partial charge is 0.376 e. The number of hydrogen-bond acceptors (Lipinski definition) is 3. The molecule has 0 fully saturated rings. The molecule has 0 spiro atoms. The summed E-state index contributed by atoms with van der Waals surface area (Å²) in [5, 5.41) is 10.7. The predicted molar refractivity (Wildman–Crippen MR) is 50.0 cm³/mol. The molecule has 1 aliphatic rings. The Morgan fingerprint density at radius 1 is 1.73 bits per heavy atom. The minimum atomic E-state index is -2.16. The predicted octanol–water partition coefficient (Wildman–Crippen LogP) is 0.919. The molecule has 6 heteroatoms. The van der Waals surface area contributed by atoms with Crippen LogP contribution in [0, 0.1) is 0 Å². The van der Waals surface area contributed by atoms with Crippen molar-refractivity contribution in [2.45, 2.75) is 15.5 Å². The van der Waals surface area contributed by atoms with Crippen LogP contribution in [0.25, 0.3) is 0 Å². The summed E-state index contributed by atoms with van der Waals surface area (Å²) in [4.78, 5) is -0.0152. The average Bonchev–Trinajstić information content (AvgIpc) is 2.33. The maximum absolute atomic E-state index is 10.4. The Hall–Kier alpha value is 0.640. The first-order chi connectivity index (χ1) is 5.13. The van der Waals surface area contributed by atoms with Crippen LogP contribution in [-0.4, -0.2) is 29.4 Å². The maximum Gasteiger partial charge on any atom is 0.183 e. The summed E-state index contributed by atoms with van der Waals surface area (Å²) in [7, 11) is 0. The molecule has 3 nitrogen and oxygen atoms in total. The fourth-order valence-electron chi connectivity index (χ4n) is 0.735. The van der Waals surface area contributed by atoms with Crippen LogP contribution in [0.15, 0.2) is 11.5 Å². The summed E-state index contributed by atoms with van der Waals surface area (Å²) in [6.07, 6.45) is 1.84. The SMILES string of the molecule is O=S(O)C(O)C1SC=CC1Br. The third kappa shape index (κ3) is 2.29. The molecule has 0 radical (unpaired) electrons. The summed E-state index contributed by atoms with van der Waals surface area (Å²) >= 11 is 2.46. The molecule has 1 rings (SSSR count). The Morgan fingerprint density at radius 3 is 2.73 bits per heavy atom. The van der Waals surface area contributed by atoms with Crippen molar-refractivity contribution in [3.63, 3.8) is 0 Å². The molecular formula is C5H7BrO3S2. The van der Waals surface area contributed by atoms with E-state index in [1.54, 1.807) is 5.41 Å². The van der Waals surface area contributed by atoms with Crippen LogP contribution in [0.5, 0.6) is 0 Å². The number of aliphatic hydroxyl groups is 1. The zero-order valence-electron chi connectivity index (χ0n) is 5.38. The van der Waals surface area contributed by atoms with E-state index in [4.69, 9.17) is 9.66 Å². The van der Waals surface area contributed by atoms with Gasteiger partial charge in [-0.1, -0.05) is 22.0 Å². The van der Waals surface area contributed by atoms with Crippen molar-refractivity contribution >= 4 is 38.8 Å². The van der Waals surface area contributed by atoms with Crippen molar-refractivity contribution in [1.82, 2.24) is 0 Å². The highest BCUT2D eigenvalue weighted by atomic mass is 79.9. The van der Waals surface area contributed by atoms with Gasteiger partial charge in [0.2, 0.25) is 0 Å². The molecule has 0 saturated heterocycles. The number of halogens is 1. The van der Waals surface area contributed by atoms with Crippen molar-refractivity contribution < 1.29 is 13.9 Å². The molecule has 11 heavy (non-hydrogen) atoms. The average molecular weight is 259 g/mol. The summed E-state index contributed by atoms with van der Waals surface area (Å²) in [5.41, 5.74) is -1.18. The molecule has 0 aromatic carbocycles. The molecule has 4 atom stereocenters. The number of rotatable bonds is 2. The fourth-order valence-corrected chi connectivity index (χ4v) is 3.65. The Kier molecular flexibility index (Phi) is 3.57. The monoisotopic (exact) mass is 258 g/mol. The zero-order chi connectivity index (χ0) is 8.43. The van der Waals surface area contributed by atoms with Crippen molar-refractivity contribution in [3.05, 3.63) is 11.5 Å². The van der Waals surface area contributed by atoms with Crippen molar-refractivity contribution in [2.75, 3.05) is 0 Å². The lowest BCUT2D eigenvalue weighted by atomic mass is 10.3. The van der Waals surface area contributed by atoms with Crippen molar-refractivity contribution in [1.29, 1.82) is 0 Å². The van der Waals surface area contributed by atoms with Gasteiger partial charge in [0.25, 0.3) is 0 Å². The number of hydrogen-bond donors (Lipinski definition) is 2. The minimum Gasteiger partial charge on any atom is -0.376 e. The summed E-state index contributed by atoms with van der Waals surface area (Å²) in [6.45, 7) is 0. The Bertz CT molecular complexity index is 196. The first kappa shape index (κ1) is 9.73. The summed E-state index contributed by atoms with van der Waals surface area (Å²) in [5.74, 6) is 0. The molecule has 0 saturated carbocycles. The van der Waals surface area contributed by atoms with Gasteiger partial charge in [-0.3, -0.25) is 0 Å². The lowest BCUT2D eigenvalue weighted by Gasteiger charge is -2.16. The molecule has 64 valence electrons. The third-order valence-electron chi connectivity index (χ3n) is 1.30.